The third-order valence-corrected chi connectivity index (χ3v) is 6.54. The third kappa shape index (κ3) is 4.01. The molecule has 0 bridgehead atoms. The van der Waals surface area contributed by atoms with Gasteiger partial charge in [0.1, 0.15) is 17.2 Å². The summed E-state index contributed by atoms with van der Waals surface area (Å²) in [6.07, 6.45) is 8.84. The predicted octanol–water partition coefficient (Wildman–Crippen LogP) is 5.77. The summed E-state index contributed by atoms with van der Waals surface area (Å²) in [6, 6.07) is 10.9. The van der Waals surface area contributed by atoms with Crippen LogP contribution in [0, 0.1) is 5.92 Å². The third-order valence-electron chi connectivity index (χ3n) is 6.54. The Morgan fingerprint density at radius 1 is 1.12 bits per heavy atom. The number of rotatable bonds is 5. The molecule has 1 saturated carbocycles. The molecular weight excluding hydrogens is 418 g/mol. The molecule has 170 valence electrons. The van der Waals surface area contributed by atoms with Crippen molar-refractivity contribution in [2.75, 3.05) is 7.11 Å². The number of hydrogen-bond acceptors (Lipinski definition) is 5. The molecule has 6 heteroatoms. The fourth-order valence-corrected chi connectivity index (χ4v) is 4.72. The van der Waals surface area contributed by atoms with Gasteiger partial charge in [0.2, 0.25) is 5.78 Å². The Bertz CT molecular complexity index is 1260. The number of esters is 1. The molecule has 3 aromatic rings. The first kappa shape index (κ1) is 21.3. The molecule has 2 heterocycles. The number of hydrogen-bond donors (Lipinski definition) is 0. The number of methoxy groups -OCH3 is 1. The maximum atomic E-state index is 13.0. The van der Waals surface area contributed by atoms with E-state index in [0.29, 0.717) is 17.1 Å². The second-order valence-electron chi connectivity index (χ2n) is 8.61. The first-order valence-electron chi connectivity index (χ1n) is 11.5. The Labute approximate surface area is 192 Å². The molecule has 1 aromatic heterocycles. The van der Waals surface area contributed by atoms with Crippen molar-refractivity contribution in [2.24, 2.45) is 5.92 Å². The number of fused-ring (bicyclic) bond motifs is 2. The van der Waals surface area contributed by atoms with Crippen LogP contribution in [-0.2, 0) is 11.3 Å². The fraction of sp³-hybridized carbons (Fsp3) is 0.333. The molecule has 0 radical (unpaired) electrons. The Morgan fingerprint density at radius 3 is 2.67 bits per heavy atom. The number of allylic oxidation sites excluding steroid dienone is 1. The minimum absolute atomic E-state index is 0.0436. The van der Waals surface area contributed by atoms with Crippen molar-refractivity contribution in [3.8, 4) is 17.2 Å². The number of ketones is 1. The number of ether oxygens (including phenoxy) is 3. The van der Waals surface area contributed by atoms with Gasteiger partial charge in [0.25, 0.3) is 0 Å². The van der Waals surface area contributed by atoms with Gasteiger partial charge >= 0.3 is 5.97 Å². The molecular formula is C27H27NO5. The van der Waals surface area contributed by atoms with Crippen LogP contribution in [0.4, 0.5) is 0 Å². The van der Waals surface area contributed by atoms with Crippen LogP contribution < -0.4 is 14.2 Å². The first-order valence-corrected chi connectivity index (χ1v) is 11.5. The molecule has 2 aromatic carbocycles. The summed E-state index contributed by atoms with van der Waals surface area (Å²) in [6.45, 7) is 2.88. The van der Waals surface area contributed by atoms with E-state index in [2.05, 4.69) is 11.5 Å². The number of carbonyl (C=O) groups excluding carboxylic acids is 2. The fourth-order valence-electron chi connectivity index (χ4n) is 4.72. The highest BCUT2D eigenvalue weighted by atomic mass is 16.5. The summed E-state index contributed by atoms with van der Waals surface area (Å²) >= 11 is 0. The van der Waals surface area contributed by atoms with Crippen LogP contribution >= 0.6 is 0 Å². The smallest absolute Gasteiger partial charge is 0.314 e. The van der Waals surface area contributed by atoms with Gasteiger partial charge < -0.3 is 18.8 Å². The van der Waals surface area contributed by atoms with Crippen LogP contribution in [0.2, 0.25) is 0 Å². The number of Topliss-reactive ketones (excluding diaryl/α,β-unsaturated/α-hetero) is 1. The van der Waals surface area contributed by atoms with E-state index in [1.54, 1.807) is 31.4 Å². The quantitative estimate of drug-likeness (QED) is 0.283. The summed E-state index contributed by atoms with van der Waals surface area (Å²) in [4.78, 5) is 25.5. The lowest BCUT2D eigenvalue weighted by Crippen LogP contribution is -2.22. The van der Waals surface area contributed by atoms with Crippen molar-refractivity contribution in [1.82, 2.24) is 4.57 Å². The highest BCUT2D eigenvalue weighted by Gasteiger charge is 2.29. The molecule has 1 aliphatic carbocycles. The number of aromatic nitrogens is 1. The second kappa shape index (κ2) is 8.77. The van der Waals surface area contributed by atoms with Gasteiger partial charge in [-0.25, -0.2) is 0 Å². The number of nitrogens with zero attached hydrogens (tertiary/aromatic N) is 1. The largest absolute Gasteiger partial charge is 0.497 e. The molecule has 0 unspecified atom stereocenters. The van der Waals surface area contributed by atoms with Gasteiger partial charge in [0.15, 0.2) is 5.76 Å². The van der Waals surface area contributed by atoms with Gasteiger partial charge in [-0.2, -0.15) is 0 Å². The summed E-state index contributed by atoms with van der Waals surface area (Å²) in [5.41, 5.74) is 2.41. The molecule has 1 aliphatic heterocycles. The van der Waals surface area contributed by atoms with Crippen LogP contribution in [-0.4, -0.2) is 23.4 Å². The lowest BCUT2D eigenvalue weighted by Gasteiger charge is -2.19. The van der Waals surface area contributed by atoms with Crippen molar-refractivity contribution >= 4 is 28.7 Å². The normalized spacial score (nSPS) is 17.3. The van der Waals surface area contributed by atoms with E-state index in [9.17, 15) is 9.59 Å². The highest BCUT2D eigenvalue weighted by Crippen LogP contribution is 2.37. The van der Waals surface area contributed by atoms with Crippen molar-refractivity contribution in [3.63, 3.8) is 0 Å². The zero-order valence-corrected chi connectivity index (χ0v) is 18.9. The van der Waals surface area contributed by atoms with Gasteiger partial charge in [-0.05, 0) is 56.2 Å². The Kier molecular flexibility index (Phi) is 5.67. The van der Waals surface area contributed by atoms with Gasteiger partial charge in [0, 0.05) is 35.3 Å². The van der Waals surface area contributed by atoms with Crippen molar-refractivity contribution in [3.05, 3.63) is 59.5 Å². The molecule has 0 atom stereocenters. The molecule has 2 aliphatic rings. The Hall–Kier alpha value is -3.54. The minimum atomic E-state index is -0.198. The van der Waals surface area contributed by atoms with E-state index < -0.39 is 0 Å². The standard InChI is InChI=1S/C27H27NO5/c1-3-28-16-18(22-14-19(31-2)10-12-23(22)28)13-25-26(29)21-11-9-20(15-24(21)33-25)32-27(30)17-7-5-4-6-8-17/h9-17H,3-8H2,1-2H3. The van der Waals surface area contributed by atoms with Gasteiger partial charge in [-0.3, -0.25) is 9.59 Å². The average molecular weight is 446 g/mol. The molecule has 0 N–H and O–H groups in total. The lowest BCUT2D eigenvalue weighted by atomic mass is 9.89. The number of benzene rings is 2. The van der Waals surface area contributed by atoms with Crippen LogP contribution in [0.15, 0.2) is 48.4 Å². The van der Waals surface area contributed by atoms with Gasteiger partial charge in [0.05, 0.1) is 18.6 Å². The Balaban J connectivity index is 1.41. The topological polar surface area (TPSA) is 66.8 Å². The minimum Gasteiger partial charge on any atom is -0.497 e. The summed E-state index contributed by atoms with van der Waals surface area (Å²) in [7, 11) is 1.63. The van der Waals surface area contributed by atoms with E-state index in [-0.39, 0.29) is 23.4 Å². The van der Waals surface area contributed by atoms with Gasteiger partial charge in [-0.1, -0.05) is 19.3 Å². The SMILES string of the molecule is CCn1cc(C=C2Oc3cc(OC(=O)C4CCCCC4)ccc3C2=O)c2cc(OC)ccc21. The maximum absolute atomic E-state index is 13.0. The van der Waals surface area contributed by atoms with Crippen molar-refractivity contribution in [1.29, 1.82) is 0 Å². The molecule has 1 fully saturated rings. The summed E-state index contributed by atoms with van der Waals surface area (Å²) < 4.78 is 19.0. The first-order chi connectivity index (χ1) is 16.1. The van der Waals surface area contributed by atoms with E-state index in [1.165, 1.54) is 6.42 Å². The molecule has 6 nitrogen and oxygen atoms in total. The van der Waals surface area contributed by atoms with Crippen molar-refractivity contribution < 1.29 is 23.8 Å². The molecule has 0 amide bonds. The average Bonchev–Trinajstić information content (AvgIpc) is 3.36. The monoisotopic (exact) mass is 445 g/mol. The lowest BCUT2D eigenvalue weighted by molar-refractivity contribution is -0.139. The zero-order chi connectivity index (χ0) is 22.9. The molecule has 0 spiro atoms. The number of aryl methyl sites for hydroxylation is 1. The van der Waals surface area contributed by atoms with E-state index in [1.807, 2.05) is 24.4 Å². The van der Waals surface area contributed by atoms with E-state index >= 15 is 0 Å². The zero-order valence-electron chi connectivity index (χ0n) is 18.9. The van der Waals surface area contributed by atoms with E-state index in [0.717, 1.165) is 54.4 Å². The highest BCUT2D eigenvalue weighted by molar-refractivity contribution is 6.15. The van der Waals surface area contributed by atoms with Crippen molar-refractivity contribution in [2.45, 2.75) is 45.6 Å². The number of carbonyl (C=O) groups is 2. The molecule has 33 heavy (non-hydrogen) atoms. The second-order valence-corrected chi connectivity index (χ2v) is 8.61. The van der Waals surface area contributed by atoms with Crippen LogP contribution in [0.3, 0.4) is 0 Å². The predicted molar refractivity (Wildman–Crippen MR) is 126 cm³/mol. The Morgan fingerprint density at radius 2 is 1.91 bits per heavy atom. The van der Waals surface area contributed by atoms with E-state index in [4.69, 9.17) is 14.2 Å². The van der Waals surface area contributed by atoms with Crippen LogP contribution in [0.1, 0.15) is 54.9 Å². The molecule has 5 rings (SSSR count). The summed E-state index contributed by atoms with van der Waals surface area (Å²) in [5, 5.41) is 0.984. The van der Waals surface area contributed by atoms with Crippen LogP contribution in [0.5, 0.6) is 17.2 Å². The molecule has 0 saturated heterocycles. The summed E-state index contributed by atoms with van der Waals surface area (Å²) in [5.74, 6) is 1.40. The van der Waals surface area contributed by atoms with Gasteiger partial charge in [-0.15, -0.1) is 0 Å². The van der Waals surface area contributed by atoms with Crippen LogP contribution in [0.25, 0.3) is 17.0 Å². The maximum Gasteiger partial charge on any atom is 0.314 e.